The van der Waals surface area contributed by atoms with Crippen molar-refractivity contribution >= 4 is 11.3 Å². The van der Waals surface area contributed by atoms with Crippen molar-refractivity contribution in [2.75, 3.05) is 19.7 Å². The maximum atomic E-state index is 5.92. The van der Waals surface area contributed by atoms with Gasteiger partial charge in [-0.05, 0) is 37.9 Å². The largest absolute Gasteiger partial charge is 0.377 e. The van der Waals surface area contributed by atoms with Crippen LogP contribution in [0.5, 0.6) is 0 Å². The minimum absolute atomic E-state index is 0.445. The summed E-state index contributed by atoms with van der Waals surface area (Å²) in [6.45, 7) is 11.8. The van der Waals surface area contributed by atoms with Crippen molar-refractivity contribution < 1.29 is 4.74 Å². The van der Waals surface area contributed by atoms with Crippen LogP contribution in [0.25, 0.3) is 0 Å². The Balaban J connectivity index is 1.78. The normalized spacial score (nSPS) is 20.3. The number of likely N-dealkylation sites (tertiary alicyclic amines) is 1. The molecule has 0 saturated carbocycles. The summed E-state index contributed by atoms with van der Waals surface area (Å²) in [6.07, 6.45) is 4.06. The van der Waals surface area contributed by atoms with Gasteiger partial charge in [0.2, 0.25) is 0 Å². The van der Waals surface area contributed by atoms with E-state index < -0.39 is 0 Å². The SMILES string of the molecule is CCCOC1CCCN(Cc2ccc(CNC(C)C)s2)C1. The lowest BCUT2D eigenvalue weighted by Crippen LogP contribution is -2.39. The Kier molecular flexibility index (Phi) is 7.17. The molecular formula is C17H30N2OS. The standard InChI is InChI=1S/C17H30N2OS/c1-4-10-20-15-6-5-9-19(12-15)13-17-8-7-16(21-17)11-18-14(2)3/h7-8,14-15,18H,4-6,9-13H2,1-3H3. The number of rotatable bonds is 8. The van der Waals surface area contributed by atoms with E-state index in [1.807, 2.05) is 11.3 Å². The Morgan fingerprint density at radius 1 is 1.38 bits per heavy atom. The molecule has 120 valence electrons. The van der Waals surface area contributed by atoms with E-state index in [4.69, 9.17) is 4.74 Å². The van der Waals surface area contributed by atoms with Gasteiger partial charge in [-0.25, -0.2) is 0 Å². The molecular weight excluding hydrogens is 280 g/mol. The highest BCUT2D eigenvalue weighted by Gasteiger charge is 2.20. The van der Waals surface area contributed by atoms with Crippen molar-refractivity contribution in [1.29, 1.82) is 0 Å². The number of thiophene rings is 1. The van der Waals surface area contributed by atoms with E-state index in [9.17, 15) is 0 Å². The average Bonchev–Trinajstić information content (AvgIpc) is 2.91. The van der Waals surface area contributed by atoms with E-state index in [1.54, 1.807) is 0 Å². The fourth-order valence-corrected chi connectivity index (χ4v) is 3.72. The maximum absolute atomic E-state index is 5.92. The predicted molar refractivity (Wildman–Crippen MR) is 90.8 cm³/mol. The summed E-state index contributed by atoms with van der Waals surface area (Å²) in [6, 6.07) is 5.11. The fourth-order valence-electron chi connectivity index (χ4n) is 2.70. The highest BCUT2D eigenvalue weighted by atomic mass is 32.1. The topological polar surface area (TPSA) is 24.5 Å². The summed E-state index contributed by atoms with van der Waals surface area (Å²) in [7, 11) is 0. The van der Waals surface area contributed by atoms with Gasteiger partial charge < -0.3 is 10.1 Å². The fraction of sp³-hybridized carbons (Fsp3) is 0.765. The molecule has 1 fully saturated rings. The summed E-state index contributed by atoms with van der Waals surface area (Å²) < 4.78 is 5.92. The average molecular weight is 311 g/mol. The molecule has 2 rings (SSSR count). The van der Waals surface area contributed by atoms with Crippen molar-refractivity contribution in [3.05, 3.63) is 21.9 Å². The molecule has 0 spiro atoms. The van der Waals surface area contributed by atoms with E-state index in [2.05, 4.69) is 43.1 Å². The summed E-state index contributed by atoms with van der Waals surface area (Å²) in [4.78, 5) is 5.47. The first kappa shape index (κ1) is 16.9. The number of ether oxygens (including phenoxy) is 1. The Bertz CT molecular complexity index is 405. The molecule has 1 unspecified atom stereocenters. The van der Waals surface area contributed by atoms with Crippen molar-refractivity contribution in [2.45, 2.75) is 65.3 Å². The molecule has 2 heterocycles. The minimum Gasteiger partial charge on any atom is -0.377 e. The van der Waals surface area contributed by atoms with Gasteiger partial charge in [0.15, 0.2) is 0 Å². The lowest BCUT2D eigenvalue weighted by Gasteiger charge is -2.32. The molecule has 0 aliphatic carbocycles. The van der Waals surface area contributed by atoms with Crippen LogP contribution >= 0.6 is 11.3 Å². The van der Waals surface area contributed by atoms with Crippen LogP contribution in [0, 0.1) is 0 Å². The first-order valence-corrected chi connectivity index (χ1v) is 9.14. The number of nitrogens with one attached hydrogen (secondary N) is 1. The van der Waals surface area contributed by atoms with Crippen LogP contribution in [0.3, 0.4) is 0 Å². The molecule has 0 radical (unpaired) electrons. The van der Waals surface area contributed by atoms with E-state index in [0.717, 1.165) is 32.7 Å². The monoisotopic (exact) mass is 310 g/mol. The zero-order chi connectivity index (χ0) is 15.1. The highest BCUT2D eigenvalue weighted by Crippen LogP contribution is 2.21. The second-order valence-electron chi connectivity index (χ2n) is 6.27. The van der Waals surface area contributed by atoms with Gasteiger partial charge in [-0.3, -0.25) is 4.90 Å². The van der Waals surface area contributed by atoms with Gasteiger partial charge in [0.1, 0.15) is 0 Å². The molecule has 1 N–H and O–H groups in total. The molecule has 0 aromatic carbocycles. The molecule has 3 nitrogen and oxygen atoms in total. The molecule has 1 aliphatic heterocycles. The van der Waals surface area contributed by atoms with E-state index in [0.29, 0.717) is 12.1 Å². The third-order valence-electron chi connectivity index (χ3n) is 3.80. The number of nitrogens with zero attached hydrogens (tertiary/aromatic N) is 1. The number of piperidine rings is 1. The quantitative estimate of drug-likeness (QED) is 0.793. The zero-order valence-corrected chi connectivity index (χ0v) is 14.5. The van der Waals surface area contributed by atoms with Gasteiger partial charge in [0.25, 0.3) is 0 Å². The van der Waals surface area contributed by atoms with Crippen molar-refractivity contribution in [3.8, 4) is 0 Å². The Labute approximate surface area is 133 Å². The summed E-state index contributed by atoms with van der Waals surface area (Å²) in [5.74, 6) is 0. The van der Waals surface area contributed by atoms with Gasteiger partial charge in [0.05, 0.1) is 6.10 Å². The van der Waals surface area contributed by atoms with Gasteiger partial charge in [-0.15, -0.1) is 11.3 Å². The Morgan fingerprint density at radius 2 is 2.19 bits per heavy atom. The van der Waals surface area contributed by atoms with Gasteiger partial charge in [-0.2, -0.15) is 0 Å². The van der Waals surface area contributed by atoms with Crippen LogP contribution in [0.2, 0.25) is 0 Å². The molecule has 0 amide bonds. The second kappa shape index (κ2) is 8.89. The van der Waals surface area contributed by atoms with Crippen molar-refractivity contribution in [3.63, 3.8) is 0 Å². The van der Waals surface area contributed by atoms with Gasteiger partial charge in [-0.1, -0.05) is 20.8 Å². The van der Waals surface area contributed by atoms with Crippen LogP contribution in [0.15, 0.2) is 12.1 Å². The van der Waals surface area contributed by atoms with Crippen LogP contribution in [-0.4, -0.2) is 36.7 Å². The van der Waals surface area contributed by atoms with E-state index in [-0.39, 0.29) is 0 Å². The van der Waals surface area contributed by atoms with Crippen LogP contribution < -0.4 is 5.32 Å². The maximum Gasteiger partial charge on any atom is 0.0702 e. The lowest BCUT2D eigenvalue weighted by molar-refractivity contribution is -0.00197. The smallest absolute Gasteiger partial charge is 0.0702 e. The highest BCUT2D eigenvalue weighted by molar-refractivity contribution is 7.11. The molecule has 21 heavy (non-hydrogen) atoms. The van der Waals surface area contributed by atoms with Crippen LogP contribution in [0.1, 0.15) is 49.8 Å². The van der Waals surface area contributed by atoms with Crippen molar-refractivity contribution in [1.82, 2.24) is 10.2 Å². The third kappa shape index (κ3) is 6.07. The molecule has 1 aliphatic rings. The first-order chi connectivity index (χ1) is 10.2. The van der Waals surface area contributed by atoms with Gasteiger partial charge in [0, 0.05) is 42.0 Å². The van der Waals surface area contributed by atoms with Gasteiger partial charge >= 0.3 is 0 Å². The number of hydrogen-bond acceptors (Lipinski definition) is 4. The van der Waals surface area contributed by atoms with Crippen LogP contribution in [-0.2, 0) is 17.8 Å². The zero-order valence-electron chi connectivity index (χ0n) is 13.7. The minimum atomic E-state index is 0.445. The summed E-state index contributed by atoms with van der Waals surface area (Å²) >= 11 is 1.94. The Hall–Kier alpha value is -0.420. The molecule has 4 heteroatoms. The first-order valence-electron chi connectivity index (χ1n) is 8.32. The second-order valence-corrected chi connectivity index (χ2v) is 7.53. The van der Waals surface area contributed by atoms with Crippen LogP contribution in [0.4, 0.5) is 0 Å². The molecule has 1 atom stereocenters. The summed E-state index contributed by atoms with van der Waals surface area (Å²) in [5.41, 5.74) is 0. The Morgan fingerprint density at radius 3 is 2.95 bits per heavy atom. The van der Waals surface area contributed by atoms with E-state index in [1.165, 1.54) is 29.1 Å². The molecule has 0 bridgehead atoms. The predicted octanol–water partition coefficient (Wildman–Crippen LogP) is 3.64. The molecule has 1 saturated heterocycles. The molecule has 1 aromatic heterocycles. The number of hydrogen-bond donors (Lipinski definition) is 1. The lowest BCUT2D eigenvalue weighted by atomic mass is 10.1. The van der Waals surface area contributed by atoms with E-state index >= 15 is 0 Å². The summed E-state index contributed by atoms with van der Waals surface area (Å²) in [5, 5.41) is 3.49. The third-order valence-corrected chi connectivity index (χ3v) is 4.87. The van der Waals surface area contributed by atoms with Crippen molar-refractivity contribution in [2.24, 2.45) is 0 Å². The molecule has 1 aromatic rings.